The number of nitrogens with two attached hydrogens (primary N) is 1. The fraction of sp³-hybridized carbons (Fsp3) is 0.688. The minimum atomic E-state index is -3.40. The SMILES string of the molecule is CN(CC(C)(C)CN)C(=O)Cc1ccc(S(=O)(=O)N2CCCC2)s1. The van der Waals surface area contributed by atoms with Gasteiger partial charge in [0.15, 0.2) is 0 Å². The van der Waals surface area contributed by atoms with Gasteiger partial charge in [0.25, 0.3) is 10.0 Å². The molecular formula is C16H27N3O3S2. The van der Waals surface area contributed by atoms with E-state index < -0.39 is 10.0 Å². The van der Waals surface area contributed by atoms with Gasteiger partial charge in [-0.2, -0.15) is 4.31 Å². The second kappa shape index (κ2) is 7.51. The van der Waals surface area contributed by atoms with Gasteiger partial charge < -0.3 is 10.6 Å². The zero-order valence-corrected chi connectivity index (χ0v) is 16.3. The molecule has 8 heteroatoms. The first-order valence-electron chi connectivity index (χ1n) is 8.19. The van der Waals surface area contributed by atoms with E-state index in [0.717, 1.165) is 17.7 Å². The number of likely N-dealkylation sites (N-methyl/N-ethyl adjacent to an activating group) is 1. The summed E-state index contributed by atoms with van der Waals surface area (Å²) >= 11 is 1.19. The standard InChI is InChI=1S/C16H27N3O3S2/c1-16(2,11-17)12-18(3)14(20)10-13-6-7-15(23-13)24(21,22)19-8-4-5-9-19/h6-7H,4-5,8-12,17H2,1-3H3. The largest absolute Gasteiger partial charge is 0.345 e. The first-order chi connectivity index (χ1) is 11.2. The first-order valence-corrected chi connectivity index (χ1v) is 10.4. The van der Waals surface area contributed by atoms with Gasteiger partial charge in [-0.05, 0) is 36.9 Å². The topological polar surface area (TPSA) is 83.7 Å². The van der Waals surface area contributed by atoms with Gasteiger partial charge in [-0.3, -0.25) is 4.79 Å². The fourth-order valence-electron chi connectivity index (χ4n) is 2.73. The molecule has 24 heavy (non-hydrogen) atoms. The van der Waals surface area contributed by atoms with Gasteiger partial charge >= 0.3 is 0 Å². The first kappa shape index (κ1) is 19.4. The van der Waals surface area contributed by atoms with Crippen LogP contribution in [0, 0.1) is 5.41 Å². The van der Waals surface area contributed by atoms with Gasteiger partial charge in [0.05, 0.1) is 6.42 Å². The summed E-state index contributed by atoms with van der Waals surface area (Å²) in [6, 6.07) is 3.36. The molecule has 1 aromatic heterocycles. The van der Waals surface area contributed by atoms with E-state index in [1.54, 1.807) is 24.1 Å². The normalized spacial score (nSPS) is 16.5. The van der Waals surface area contributed by atoms with Gasteiger partial charge in [-0.1, -0.05) is 13.8 Å². The van der Waals surface area contributed by atoms with E-state index in [-0.39, 0.29) is 17.7 Å². The smallest absolute Gasteiger partial charge is 0.252 e. The van der Waals surface area contributed by atoms with Crippen LogP contribution in [0.15, 0.2) is 16.3 Å². The Bertz CT molecular complexity index is 676. The number of carbonyl (C=O) groups is 1. The number of amides is 1. The lowest BCUT2D eigenvalue weighted by Crippen LogP contribution is -2.40. The highest BCUT2D eigenvalue weighted by Crippen LogP contribution is 2.28. The summed E-state index contributed by atoms with van der Waals surface area (Å²) in [5.74, 6) is -0.0245. The maximum Gasteiger partial charge on any atom is 0.252 e. The number of sulfonamides is 1. The molecule has 2 N–H and O–H groups in total. The van der Waals surface area contributed by atoms with Crippen molar-refractivity contribution in [2.45, 2.75) is 37.3 Å². The van der Waals surface area contributed by atoms with Gasteiger partial charge in [0, 0.05) is 31.6 Å². The van der Waals surface area contributed by atoms with Gasteiger partial charge in [0.2, 0.25) is 5.91 Å². The van der Waals surface area contributed by atoms with E-state index in [9.17, 15) is 13.2 Å². The lowest BCUT2D eigenvalue weighted by molar-refractivity contribution is -0.130. The molecule has 6 nitrogen and oxygen atoms in total. The summed E-state index contributed by atoms with van der Waals surface area (Å²) in [7, 11) is -1.64. The Hall–Kier alpha value is -0.960. The molecule has 1 saturated heterocycles. The second-order valence-electron chi connectivity index (χ2n) is 7.13. The van der Waals surface area contributed by atoms with Crippen LogP contribution in [0.3, 0.4) is 0 Å². The molecule has 1 fully saturated rings. The summed E-state index contributed by atoms with van der Waals surface area (Å²) in [5, 5.41) is 0. The molecule has 0 atom stereocenters. The van der Waals surface area contributed by atoms with E-state index >= 15 is 0 Å². The second-order valence-corrected chi connectivity index (χ2v) is 10.5. The third-order valence-corrected chi connectivity index (χ3v) is 7.72. The maximum absolute atomic E-state index is 12.5. The molecule has 2 heterocycles. The molecule has 0 bridgehead atoms. The quantitative estimate of drug-likeness (QED) is 0.785. The fourth-order valence-corrected chi connectivity index (χ4v) is 5.74. The van der Waals surface area contributed by atoms with E-state index in [0.29, 0.717) is 30.4 Å². The van der Waals surface area contributed by atoms with Crippen molar-refractivity contribution in [3.8, 4) is 0 Å². The number of hydrogen-bond acceptors (Lipinski definition) is 5. The van der Waals surface area contributed by atoms with Crippen LogP contribution in [0.2, 0.25) is 0 Å². The average Bonchev–Trinajstić information content (AvgIpc) is 3.18. The van der Waals surface area contributed by atoms with Crippen molar-refractivity contribution in [3.63, 3.8) is 0 Å². The molecule has 1 amide bonds. The Labute approximate surface area is 148 Å². The van der Waals surface area contributed by atoms with Crippen molar-refractivity contribution in [2.24, 2.45) is 11.1 Å². The molecule has 1 aliphatic rings. The summed E-state index contributed by atoms with van der Waals surface area (Å²) in [5.41, 5.74) is 5.58. The van der Waals surface area contributed by atoms with Crippen LogP contribution in [0.1, 0.15) is 31.6 Å². The van der Waals surface area contributed by atoms with E-state index in [2.05, 4.69) is 0 Å². The molecule has 0 saturated carbocycles. The Kier molecular flexibility index (Phi) is 6.06. The van der Waals surface area contributed by atoms with Crippen molar-refractivity contribution < 1.29 is 13.2 Å². The molecule has 2 rings (SSSR count). The number of nitrogens with zero attached hydrogens (tertiary/aromatic N) is 2. The van der Waals surface area contributed by atoms with Crippen molar-refractivity contribution in [1.82, 2.24) is 9.21 Å². The molecule has 1 aliphatic heterocycles. The lowest BCUT2D eigenvalue weighted by atomic mass is 9.93. The third-order valence-electron chi connectivity index (χ3n) is 4.27. The van der Waals surface area contributed by atoms with Crippen molar-refractivity contribution in [2.75, 3.05) is 33.2 Å². The van der Waals surface area contributed by atoms with Gasteiger partial charge in [-0.25, -0.2) is 8.42 Å². The lowest BCUT2D eigenvalue weighted by Gasteiger charge is -2.29. The Morgan fingerprint density at radius 1 is 1.33 bits per heavy atom. The average molecular weight is 374 g/mol. The molecular weight excluding hydrogens is 346 g/mol. The molecule has 1 aromatic rings. The highest BCUT2D eigenvalue weighted by Gasteiger charge is 2.29. The molecule has 0 radical (unpaired) electrons. The highest BCUT2D eigenvalue weighted by molar-refractivity contribution is 7.91. The summed E-state index contributed by atoms with van der Waals surface area (Å²) < 4.78 is 26.9. The minimum absolute atomic E-state index is 0.0245. The molecule has 0 aliphatic carbocycles. The number of carbonyl (C=O) groups excluding carboxylic acids is 1. The van der Waals surface area contributed by atoms with Crippen LogP contribution in [0.25, 0.3) is 0 Å². The predicted octanol–water partition coefficient (Wildman–Crippen LogP) is 1.52. The Balaban J connectivity index is 2.02. The maximum atomic E-state index is 12.5. The van der Waals surface area contributed by atoms with Gasteiger partial charge in [-0.15, -0.1) is 11.3 Å². The number of hydrogen-bond donors (Lipinski definition) is 1. The summed E-state index contributed by atoms with van der Waals surface area (Å²) in [6.07, 6.45) is 2.05. The molecule has 0 spiro atoms. The van der Waals surface area contributed by atoms with E-state index in [4.69, 9.17) is 5.73 Å². The van der Waals surface area contributed by atoms with E-state index in [1.807, 2.05) is 13.8 Å². The molecule has 136 valence electrons. The third kappa shape index (κ3) is 4.56. The predicted molar refractivity (Wildman–Crippen MR) is 96.5 cm³/mol. The number of thiophene rings is 1. The van der Waals surface area contributed by atoms with Gasteiger partial charge in [0.1, 0.15) is 4.21 Å². The minimum Gasteiger partial charge on any atom is -0.345 e. The van der Waals surface area contributed by atoms with E-state index in [1.165, 1.54) is 15.6 Å². The number of rotatable bonds is 7. The van der Waals surface area contributed by atoms with Crippen LogP contribution in [-0.4, -0.2) is 56.8 Å². The van der Waals surface area contributed by atoms with Crippen LogP contribution >= 0.6 is 11.3 Å². The zero-order chi connectivity index (χ0) is 18.0. The highest BCUT2D eigenvalue weighted by atomic mass is 32.2. The Morgan fingerprint density at radius 3 is 2.54 bits per heavy atom. The molecule has 0 unspecified atom stereocenters. The van der Waals surface area contributed by atoms with Crippen LogP contribution in [0.4, 0.5) is 0 Å². The van der Waals surface area contributed by atoms with Crippen molar-refractivity contribution >= 4 is 27.3 Å². The van der Waals surface area contributed by atoms with Crippen LogP contribution < -0.4 is 5.73 Å². The van der Waals surface area contributed by atoms with Crippen molar-refractivity contribution in [3.05, 3.63) is 17.0 Å². The Morgan fingerprint density at radius 2 is 1.96 bits per heavy atom. The zero-order valence-electron chi connectivity index (χ0n) is 14.6. The monoisotopic (exact) mass is 373 g/mol. The van der Waals surface area contributed by atoms with Crippen molar-refractivity contribution in [1.29, 1.82) is 0 Å². The van der Waals surface area contributed by atoms with Crippen LogP contribution in [0.5, 0.6) is 0 Å². The summed E-state index contributed by atoms with van der Waals surface area (Å²) in [6.45, 7) is 6.29. The molecule has 0 aromatic carbocycles. The van der Waals surface area contributed by atoms with Crippen LogP contribution in [-0.2, 0) is 21.2 Å². The summed E-state index contributed by atoms with van der Waals surface area (Å²) in [4.78, 5) is 14.8.